The van der Waals surface area contributed by atoms with Crippen LogP contribution in [0.3, 0.4) is 0 Å². The Bertz CT molecular complexity index is 408. The van der Waals surface area contributed by atoms with Crippen molar-refractivity contribution in [2.75, 3.05) is 7.11 Å². The maximum absolute atomic E-state index is 11.0. The van der Waals surface area contributed by atoms with Gasteiger partial charge in [0.25, 0.3) is 5.69 Å². The van der Waals surface area contributed by atoms with Crippen LogP contribution in [0.5, 0.6) is 0 Å². The smallest absolute Gasteiger partial charge is 0.311 e. The third kappa shape index (κ3) is 2.72. The van der Waals surface area contributed by atoms with Gasteiger partial charge < -0.3 is 4.74 Å². The fourth-order valence-corrected chi connectivity index (χ4v) is 1.47. The summed E-state index contributed by atoms with van der Waals surface area (Å²) >= 11 is 3.03. The Morgan fingerprint density at radius 2 is 2.40 bits per heavy atom. The molecule has 0 saturated carbocycles. The van der Waals surface area contributed by atoms with E-state index in [0.717, 1.165) is 0 Å². The average Bonchev–Trinajstić information content (AvgIpc) is 2.20. The number of rotatable bonds is 3. The molecule has 0 saturated heterocycles. The Labute approximate surface area is 93.5 Å². The second-order valence-electron chi connectivity index (χ2n) is 2.60. The van der Waals surface area contributed by atoms with Crippen LogP contribution < -0.4 is 0 Å². The van der Waals surface area contributed by atoms with Crippen molar-refractivity contribution in [1.29, 1.82) is 0 Å². The van der Waals surface area contributed by atoms with Crippen molar-refractivity contribution in [2.24, 2.45) is 0 Å². The zero-order chi connectivity index (χ0) is 11.4. The lowest BCUT2D eigenvalue weighted by atomic mass is 10.2. The summed E-state index contributed by atoms with van der Waals surface area (Å²) in [5, 5.41) is 10.6. The molecule has 0 fully saturated rings. The Kier molecular flexibility index (Phi) is 3.73. The summed E-state index contributed by atoms with van der Waals surface area (Å²) in [5.41, 5.74) is 0.167. The van der Waals surface area contributed by atoms with Crippen molar-refractivity contribution < 1.29 is 14.5 Å². The number of carbonyl (C=O) groups excluding carboxylic acids is 1. The molecule has 0 N–H and O–H groups in total. The van der Waals surface area contributed by atoms with Gasteiger partial charge in [-0.25, -0.2) is 0 Å². The Hall–Kier alpha value is -1.50. The molecule has 0 spiro atoms. The van der Waals surface area contributed by atoms with Crippen LogP contribution in [-0.4, -0.2) is 23.0 Å². The molecule has 1 aromatic heterocycles. The molecule has 0 aromatic carbocycles. The average molecular weight is 275 g/mol. The van der Waals surface area contributed by atoms with E-state index in [9.17, 15) is 14.9 Å². The monoisotopic (exact) mass is 274 g/mol. The molecule has 7 heteroatoms. The van der Waals surface area contributed by atoms with E-state index in [4.69, 9.17) is 0 Å². The number of hydrogen-bond donors (Lipinski definition) is 0. The van der Waals surface area contributed by atoms with Crippen LogP contribution in [0.2, 0.25) is 0 Å². The Morgan fingerprint density at radius 3 is 2.93 bits per heavy atom. The molecule has 0 unspecified atom stereocenters. The highest BCUT2D eigenvalue weighted by Crippen LogP contribution is 2.26. The standard InChI is InChI=1S/C8H7BrN2O4/c1-15-7(12)4-5-8(9)6(11(13)14)2-3-10-5/h2-3H,4H2,1H3. The number of methoxy groups -OCH3 is 1. The number of nitrogens with zero attached hydrogens (tertiary/aromatic N) is 2. The van der Waals surface area contributed by atoms with Crippen molar-refractivity contribution in [2.45, 2.75) is 6.42 Å². The third-order valence-electron chi connectivity index (χ3n) is 1.68. The molecule has 1 aromatic rings. The predicted octanol–water partition coefficient (Wildman–Crippen LogP) is 1.47. The summed E-state index contributed by atoms with van der Waals surface area (Å²) in [6, 6.07) is 1.25. The summed E-state index contributed by atoms with van der Waals surface area (Å²) in [6.45, 7) is 0. The minimum absolute atomic E-state index is 0.0984. The van der Waals surface area contributed by atoms with E-state index in [1.54, 1.807) is 0 Å². The number of aromatic nitrogens is 1. The van der Waals surface area contributed by atoms with Crippen LogP contribution >= 0.6 is 15.9 Å². The molecular weight excluding hydrogens is 268 g/mol. The van der Waals surface area contributed by atoms with Crippen LogP contribution in [0.4, 0.5) is 5.69 Å². The van der Waals surface area contributed by atoms with Gasteiger partial charge in [-0.1, -0.05) is 0 Å². The van der Waals surface area contributed by atoms with Crippen molar-refractivity contribution in [3.8, 4) is 0 Å². The molecule has 0 aliphatic carbocycles. The van der Waals surface area contributed by atoms with Gasteiger partial charge >= 0.3 is 5.97 Å². The van der Waals surface area contributed by atoms with Gasteiger partial charge in [-0.2, -0.15) is 0 Å². The fraction of sp³-hybridized carbons (Fsp3) is 0.250. The third-order valence-corrected chi connectivity index (χ3v) is 2.54. The molecule has 0 amide bonds. The molecule has 1 heterocycles. The first-order valence-electron chi connectivity index (χ1n) is 3.91. The van der Waals surface area contributed by atoms with Gasteiger partial charge in [0.05, 0.1) is 24.1 Å². The minimum Gasteiger partial charge on any atom is -0.469 e. The molecule has 80 valence electrons. The maximum Gasteiger partial charge on any atom is 0.311 e. The number of ether oxygens (including phenoxy) is 1. The van der Waals surface area contributed by atoms with Crippen LogP contribution in [0, 0.1) is 10.1 Å². The Balaban J connectivity index is 3.04. The van der Waals surface area contributed by atoms with E-state index < -0.39 is 10.9 Å². The van der Waals surface area contributed by atoms with Crippen molar-refractivity contribution >= 4 is 27.6 Å². The van der Waals surface area contributed by atoms with E-state index in [1.165, 1.54) is 19.4 Å². The molecule has 6 nitrogen and oxygen atoms in total. The molecule has 0 aliphatic heterocycles. The van der Waals surface area contributed by atoms with E-state index in [-0.39, 0.29) is 22.3 Å². The number of halogens is 1. The Morgan fingerprint density at radius 1 is 1.73 bits per heavy atom. The highest BCUT2D eigenvalue weighted by Gasteiger charge is 2.17. The van der Waals surface area contributed by atoms with Crippen LogP contribution in [0.25, 0.3) is 0 Å². The minimum atomic E-state index is -0.549. The highest BCUT2D eigenvalue weighted by molar-refractivity contribution is 9.10. The number of hydrogen-bond acceptors (Lipinski definition) is 5. The predicted molar refractivity (Wildman–Crippen MR) is 54.3 cm³/mol. The number of pyridine rings is 1. The maximum atomic E-state index is 11.0. The van der Waals surface area contributed by atoms with E-state index in [1.807, 2.05) is 0 Å². The zero-order valence-electron chi connectivity index (χ0n) is 7.77. The molecule has 15 heavy (non-hydrogen) atoms. The molecule has 0 atom stereocenters. The first-order chi connectivity index (χ1) is 7.06. The fourth-order valence-electron chi connectivity index (χ4n) is 0.949. The largest absolute Gasteiger partial charge is 0.469 e. The highest BCUT2D eigenvalue weighted by atomic mass is 79.9. The van der Waals surface area contributed by atoms with Crippen molar-refractivity contribution in [3.63, 3.8) is 0 Å². The van der Waals surface area contributed by atoms with Crippen molar-refractivity contribution in [1.82, 2.24) is 4.98 Å². The number of nitro groups is 1. The number of carbonyl (C=O) groups is 1. The molecule has 0 bridgehead atoms. The van der Waals surface area contributed by atoms with E-state index >= 15 is 0 Å². The van der Waals surface area contributed by atoms with E-state index in [0.29, 0.717) is 0 Å². The second-order valence-corrected chi connectivity index (χ2v) is 3.39. The molecule has 0 radical (unpaired) electrons. The molecule has 0 aliphatic rings. The van der Waals surface area contributed by atoms with Gasteiger partial charge in [0.1, 0.15) is 4.47 Å². The topological polar surface area (TPSA) is 82.3 Å². The summed E-state index contributed by atoms with van der Waals surface area (Å²) in [6.07, 6.45) is 1.18. The van der Waals surface area contributed by atoms with Gasteiger partial charge in [0, 0.05) is 12.3 Å². The molecular formula is C8H7BrN2O4. The van der Waals surface area contributed by atoms with Crippen LogP contribution in [-0.2, 0) is 16.0 Å². The van der Waals surface area contributed by atoms with Gasteiger partial charge in [0.2, 0.25) is 0 Å². The first kappa shape index (κ1) is 11.6. The van der Waals surface area contributed by atoms with Crippen molar-refractivity contribution in [3.05, 3.63) is 32.5 Å². The lowest BCUT2D eigenvalue weighted by Crippen LogP contribution is -2.07. The summed E-state index contributed by atoms with van der Waals surface area (Å²) in [4.78, 5) is 24.8. The lowest BCUT2D eigenvalue weighted by Gasteiger charge is -2.02. The lowest BCUT2D eigenvalue weighted by molar-refractivity contribution is -0.385. The van der Waals surface area contributed by atoms with Crippen LogP contribution in [0.1, 0.15) is 5.69 Å². The van der Waals surface area contributed by atoms with Gasteiger partial charge in [0.15, 0.2) is 0 Å². The van der Waals surface area contributed by atoms with Gasteiger partial charge in [-0.3, -0.25) is 19.9 Å². The number of esters is 1. The normalized spacial score (nSPS) is 9.73. The second kappa shape index (κ2) is 4.83. The quantitative estimate of drug-likeness (QED) is 0.474. The molecule has 1 rings (SSSR count). The SMILES string of the molecule is COC(=O)Cc1nccc([N+](=O)[O-])c1Br. The van der Waals surface area contributed by atoms with E-state index in [2.05, 4.69) is 25.7 Å². The summed E-state index contributed by atoms with van der Waals surface area (Å²) in [5.74, 6) is -0.497. The first-order valence-corrected chi connectivity index (χ1v) is 4.70. The van der Waals surface area contributed by atoms with Crippen LogP contribution in [0.15, 0.2) is 16.7 Å². The van der Waals surface area contributed by atoms with Gasteiger partial charge in [-0.05, 0) is 15.9 Å². The summed E-state index contributed by atoms with van der Waals surface area (Å²) < 4.78 is 4.65. The summed E-state index contributed by atoms with van der Waals surface area (Å²) in [7, 11) is 1.24. The van der Waals surface area contributed by atoms with Gasteiger partial charge in [-0.15, -0.1) is 0 Å². The zero-order valence-corrected chi connectivity index (χ0v) is 9.35.